The topological polar surface area (TPSA) is 118 Å². The zero-order valence-electron chi connectivity index (χ0n) is 34.2. The molecule has 0 spiro atoms. The number of likely N-dealkylation sites (tertiary alicyclic amines) is 1. The number of benzene rings is 2. The molecule has 3 aromatic heterocycles. The van der Waals surface area contributed by atoms with Gasteiger partial charge in [0.05, 0.1) is 58.9 Å². The molecule has 8 rings (SSSR count). The number of carbonyl (C=O) groups excluding carboxylic acids is 1. The van der Waals surface area contributed by atoms with Gasteiger partial charge < -0.3 is 24.2 Å². The van der Waals surface area contributed by atoms with Gasteiger partial charge in [0, 0.05) is 42.6 Å². The fraction of sp³-hybridized carbons (Fsp3) is 0.558. The highest BCUT2D eigenvalue weighted by molar-refractivity contribution is 6.11. The van der Waals surface area contributed by atoms with Crippen LogP contribution in [0.1, 0.15) is 95.2 Å². The molecule has 3 saturated heterocycles. The molecule has 2 aromatic carbocycles. The highest BCUT2D eigenvalue weighted by Crippen LogP contribution is 2.45. The zero-order valence-corrected chi connectivity index (χ0v) is 34.2. The Balaban J connectivity index is 1.29. The van der Waals surface area contributed by atoms with Crippen LogP contribution < -0.4 is 4.90 Å². The number of piperidine rings is 1. The number of rotatable bonds is 6. The van der Waals surface area contributed by atoms with E-state index in [1.807, 2.05) is 49.5 Å². The number of nitriles is 1. The summed E-state index contributed by atoms with van der Waals surface area (Å²) in [7, 11) is 4.17. The van der Waals surface area contributed by atoms with Crippen molar-refractivity contribution in [1.82, 2.24) is 34.3 Å². The third-order valence-electron chi connectivity index (χ3n) is 12.5. The number of aromatic nitrogens is 5. The number of amides is 1. The first kappa shape index (κ1) is 38.1. The largest absolute Gasteiger partial charge is 0.444 e. The highest BCUT2D eigenvalue weighted by atomic mass is 19.1. The number of nitrogens with zero attached hydrogens (tertiary/aromatic N) is 9. The Morgan fingerprint density at radius 1 is 1.04 bits per heavy atom. The van der Waals surface area contributed by atoms with Gasteiger partial charge in [0.25, 0.3) is 0 Å². The number of fused-ring (bicyclic) bond motifs is 4. The second-order valence-electron chi connectivity index (χ2n) is 17.7. The molecule has 1 amide bonds. The van der Waals surface area contributed by atoms with Crippen LogP contribution in [0.15, 0.2) is 24.5 Å². The third kappa shape index (κ3) is 6.35. The molecule has 12 nitrogen and oxygen atoms in total. The van der Waals surface area contributed by atoms with Crippen molar-refractivity contribution in [3.8, 4) is 17.2 Å². The quantitative estimate of drug-likeness (QED) is 0.168. The number of aryl methyl sites for hydroxylation is 2. The van der Waals surface area contributed by atoms with Crippen LogP contribution in [-0.2, 0) is 9.47 Å². The van der Waals surface area contributed by atoms with Gasteiger partial charge in [0.2, 0.25) is 0 Å². The second-order valence-corrected chi connectivity index (χ2v) is 17.7. The van der Waals surface area contributed by atoms with E-state index in [0.29, 0.717) is 48.3 Å². The fourth-order valence-corrected chi connectivity index (χ4v) is 9.05. The average molecular weight is 764 g/mol. The Morgan fingerprint density at radius 2 is 1.77 bits per heavy atom. The van der Waals surface area contributed by atoms with Crippen LogP contribution in [0, 0.1) is 37.9 Å². The molecule has 3 unspecified atom stereocenters. The van der Waals surface area contributed by atoms with Gasteiger partial charge in [-0.25, -0.2) is 18.9 Å². The predicted octanol–water partition coefficient (Wildman–Crippen LogP) is 8.36. The van der Waals surface area contributed by atoms with Crippen LogP contribution in [0.25, 0.3) is 43.8 Å². The lowest BCUT2D eigenvalue weighted by molar-refractivity contribution is -0.0366. The Hall–Kier alpha value is -4.80. The summed E-state index contributed by atoms with van der Waals surface area (Å²) in [6, 6.07) is 6.01. The van der Waals surface area contributed by atoms with E-state index in [-0.39, 0.29) is 36.1 Å². The maximum atomic E-state index is 17.8. The van der Waals surface area contributed by atoms with Crippen LogP contribution in [0.2, 0.25) is 0 Å². The van der Waals surface area contributed by atoms with Gasteiger partial charge in [-0.1, -0.05) is 0 Å². The minimum atomic E-state index is -0.654. The van der Waals surface area contributed by atoms with Crippen molar-refractivity contribution in [2.24, 2.45) is 0 Å². The van der Waals surface area contributed by atoms with E-state index in [4.69, 9.17) is 24.7 Å². The Kier molecular flexibility index (Phi) is 9.52. The lowest BCUT2D eigenvalue weighted by Crippen LogP contribution is -2.67. The van der Waals surface area contributed by atoms with E-state index < -0.39 is 11.7 Å². The molecular weight excluding hydrogens is 710 g/mol. The Labute approximate surface area is 328 Å². The van der Waals surface area contributed by atoms with Gasteiger partial charge >= 0.3 is 6.09 Å². The average Bonchev–Trinajstić information content (AvgIpc) is 3.77. The molecule has 0 N–H and O–H groups in total. The molecule has 5 aromatic rings. The minimum Gasteiger partial charge on any atom is -0.444 e. The first-order valence-electron chi connectivity index (χ1n) is 20.0. The number of carbonyl (C=O) groups is 1. The Morgan fingerprint density at radius 3 is 2.45 bits per heavy atom. The number of ether oxygens (including phenoxy) is 2. The fourth-order valence-electron chi connectivity index (χ4n) is 9.05. The molecular formula is C43H54FN9O3. The van der Waals surface area contributed by atoms with E-state index in [1.165, 1.54) is 0 Å². The normalized spacial score (nSPS) is 21.6. The van der Waals surface area contributed by atoms with Gasteiger partial charge in [0.1, 0.15) is 16.9 Å². The minimum absolute atomic E-state index is 0.0541. The lowest BCUT2D eigenvalue weighted by Gasteiger charge is -2.52. The molecule has 0 radical (unpaired) electrons. The lowest BCUT2D eigenvalue weighted by atomic mass is 9.88. The molecule has 3 fully saturated rings. The smallest absolute Gasteiger partial charge is 0.410 e. The number of halogens is 1. The van der Waals surface area contributed by atoms with Gasteiger partial charge in [-0.15, -0.1) is 0 Å². The molecule has 3 aliphatic rings. The summed E-state index contributed by atoms with van der Waals surface area (Å²) in [5.41, 5.74) is 5.54. The number of hydrogen-bond acceptors (Lipinski definition) is 9. The standard InChI is InChI=1S/C43H54FN9O3/c1-25-19-33-31(21-47-53(33)34-12-10-11-17-55-34)36(27(25)3)35-26(2)18-30-38(37(35)44)48-40(50-23-43(7,24-50)49(8)9)32-22-46-52(39(30)32)29-14-16-51(28(20-29)13-15-45)41(54)56-42(4,5)6/h18-19,21-22,28-29,34H,10-14,16-17,20,23-24H2,1-9H3. The molecule has 6 heterocycles. The number of likely N-dealkylation sites (N-methyl/N-ethyl adjacent to an activating group) is 1. The summed E-state index contributed by atoms with van der Waals surface area (Å²) in [4.78, 5) is 24.6. The van der Waals surface area contributed by atoms with E-state index in [2.05, 4.69) is 62.9 Å². The van der Waals surface area contributed by atoms with Gasteiger partial charge in [-0.3, -0.25) is 4.68 Å². The van der Waals surface area contributed by atoms with Crippen molar-refractivity contribution in [1.29, 1.82) is 5.26 Å². The molecule has 0 aliphatic carbocycles. The Bertz CT molecular complexity index is 2390. The van der Waals surface area contributed by atoms with Crippen LogP contribution in [0.4, 0.5) is 15.0 Å². The maximum Gasteiger partial charge on any atom is 0.410 e. The van der Waals surface area contributed by atoms with Crippen LogP contribution >= 0.6 is 0 Å². The van der Waals surface area contributed by atoms with Crippen LogP contribution in [0.3, 0.4) is 0 Å². The first-order valence-corrected chi connectivity index (χ1v) is 20.0. The predicted molar refractivity (Wildman–Crippen MR) is 216 cm³/mol. The van der Waals surface area contributed by atoms with E-state index in [9.17, 15) is 10.1 Å². The van der Waals surface area contributed by atoms with Crippen molar-refractivity contribution < 1.29 is 18.7 Å². The van der Waals surface area contributed by atoms with E-state index in [1.54, 1.807) is 4.90 Å². The summed E-state index contributed by atoms with van der Waals surface area (Å²) in [6.07, 6.45) is 7.45. The molecule has 3 atom stereocenters. The first-order chi connectivity index (χ1) is 26.6. The molecule has 0 saturated carbocycles. The van der Waals surface area contributed by atoms with Crippen molar-refractivity contribution in [3.05, 3.63) is 47.0 Å². The van der Waals surface area contributed by atoms with Crippen molar-refractivity contribution >= 4 is 44.6 Å². The molecule has 296 valence electrons. The number of anilines is 1. The number of pyridine rings is 1. The summed E-state index contributed by atoms with van der Waals surface area (Å²) in [6.45, 7) is 16.4. The van der Waals surface area contributed by atoms with Crippen molar-refractivity contribution in [2.45, 2.75) is 116 Å². The van der Waals surface area contributed by atoms with Gasteiger partial charge in [0.15, 0.2) is 12.0 Å². The van der Waals surface area contributed by atoms with Crippen LogP contribution in [0.5, 0.6) is 0 Å². The number of hydrogen-bond donors (Lipinski definition) is 0. The summed E-state index contributed by atoms with van der Waals surface area (Å²) >= 11 is 0. The molecule has 13 heteroatoms. The molecule has 56 heavy (non-hydrogen) atoms. The second kappa shape index (κ2) is 14.0. The third-order valence-corrected chi connectivity index (χ3v) is 12.5. The van der Waals surface area contributed by atoms with Crippen LogP contribution in [-0.4, -0.2) is 98.0 Å². The highest BCUT2D eigenvalue weighted by Gasteiger charge is 2.43. The summed E-state index contributed by atoms with van der Waals surface area (Å²) < 4.78 is 33.7. The van der Waals surface area contributed by atoms with Gasteiger partial charge in [-0.05, 0) is 129 Å². The molecule has 0 bridgehead atoms. The van der Waals surface area contributed by atoms with E-state index >= 15 is 4.39 Å². The maximum absolute atomic E-state index is 17.8. The molecule has 3 aliphatic heterocycles. The summed E-state index contributed by atoms with van der Waals surface area (Å²) in [5, 5.41) is 22.1. The van der Waals surface area contributed by atoms with Crippen molar-refractivity contribution in [2.75, 3.05) is 45.2 Å². The van der Waals surface area contributed by atoms with E-state index in [0.717, 1.165) is 76.4 Å². The summed E-state index contributed by atoms with van der Waals surface area (Å²) in [5.74, 6) is 0.338. The monoisotopic (exact) mass is 763 g/mol. The zero-order chi connectivity index (χ0) is 39.8. The SMILES string of the molecule is Cc1cc2c(cnn2C2CCCCO2)c(-c2c(C)cc3c(nc(N4CC(C)(N(C)C)C4)c4cnn(C5CCN(C(=O)OC(C)(C)C)C(CC#N)C5)c43)c2F)c1C. The van der Waals surface area contributed by atoms with Crippen molar-refractivity contribution in [3.63, 3.8) is 0 Å². The van der Waals surface area contributed by atoms with Gasteiger partial charge in [-0.2, -0.15) is 15.5 Å².